The third-order valence-corrected chi connectivity index (χ3v) is 3.38. The molecule has 0 spiro atoms. The fourth-order valence-corrected chi connectivity index (χ4v) is 2.10. The average Bonchev–Trinajstić information content (AvgIpc) is 3.12. The number of amides is 2. The molecule has 0 aliphatic carbocycles. The fourth-order valence-electron chi connectivity index (χ4n) is 2.10. The van der Waals surface area contributed by atoms with Crippen molar-refractivity contribution in [2.45, 2.75) is 6.18 Å². The van der Waals surface area contributed by atoms with Gasteiger partial charge in [0.2, 0.25) is 0 Å². The number of hydrogen-bond acceptors (Lipinski definition) is 5. The molecule has 0 atom stereocenters. The number of rotatable bonds is 4. The molecule has 3 aromatic rings. The van der Waals surface area contributed by atoms with Gasteiger partial charge in [0, 0.05) is 6.20 Å². The van der Waals surface area contributed by atoms with Crippen LogP contribution in [0.2, 0.25) is 0 Å². The minimum atomic E-state index is -4.56. The number of hydrogen-bond donors (Lipinski definition) is 2. The van der Waals surface area contributed by atoms with Crippen molar-refractivity contribution in [1.82, 2.24) is 19.5 Å². The van der Waals surface area contributed by atoms with E-state index < -0.39 is 23.7 Å². The number of aromatic nitrogens is 4. The van der Waals surface area contributed by atoms with Crippen LogP contribution in [0.1, 0.15) is 26.7 Å². The van der Waals surface area contributed by atoms with Gasteiger partial charge < -0.3 is 11.1 Å². The average molecular weight is 376 g/mol. The van der Waals surface area contributed by atoms with Crippen molar-refractivity contribution in [1.29, 1.82) is 0 Å². The van der Waals surface area contributed by atoms with Gasteiger partial charge in [0.05, 0.1) is 11.9 Å². The molecule has 0 aromatic carbocycles. The number of nitrogens with two attached hydrogens (primary N) is 1. The molecule has 0 bridgehead atoms. The van der Waals surface area contributed by atoms with Crippen LogP contribution in [-0.4, -0.2) is 31.3 Å². The molecule has 0 unspecified atom stereocenters. The summed E-state index contributed by atoms with van der Waals surface area (Å²) in [5.41, 5.74) is 4.18. The summed E-state index contributed by atoms with van der Waals surface area (Å²) < 4.78 is 38.9. The maximum absolute atomic E-state index is 12.5. The van der Waals surface area contributed by atoms with Gasteiger partial charge in [-0.2, -0.15) is 13.2 Å². The summed E-state index contributed by atoms with van der Waals surface area (Å²) in [6.07, 6.45) is -0.997. The molecule has 11 heteroatoms. The molecule has 3 heterocycles. The molecule has 138 valence electrons. The summed E-state index contributed by atoms with van der Waals surface area (Å²) in [6.45, 7) is 0. The van der Waals surface area contributed by atoms with Crippen LogP contribution in [0, 0.1) is 0 Å². The van der Waals surface area contributed by atoms with Gasteiger partial charge in [-0.15, -0.1) is 0 Å². The Bertz CT molecular complexity index is 998. The number of halogens is 3. The second-order valence-electron chi connectivity index (χ2n) is 5.30. The summed E-state index contributed by atoms with van der Waals surface area (Å²) in [4.78, 5) is 34.6. The number of carbonyl (C=O) groups excluding carboxylic acids is 2. The molecule has 0 fully saturated rings. The van der Waals surface area contributed by atoms with Crippen molar-refractivity contribution < 1.29 is 22.8 Å². The van der Waals surface area contributed by atoms with Gasteiger partial charge in [0.15, 0.2) is 0 Å². The number of nitrogens with one attached hydrogen (secondary N) is 1. The fraction of sp³-hybridized carbons (Fsp3) is 0.0625. The molecular formula is C16H11F3N6O2. The highest BCUT2D eigenvalue weighted by atomic mass is 19.4. The van der Waals surface area contributed by atoms with Crippen molar-refractivity contribution >= 4 is 17.5 Å². The second-order valence-corrected chi connectivity index (χ2v) is 5.30. The normalized spacial score (nSPS) is 11.2. The third kappa shape index (κ3) is 4.08. The molecule has 0 aliphatic rings. The Labute approximate surface area is 149 Å². The molecule has 0 radical (unpaired) electrons. The van der Waals surface area contributed by atoms with E-state index in [1.54, 1.807) is 12.1 Å². The highest BCUT2D eigenvalue weighted by Crippen LogP contribution is 2.27. The first-order valence-corrected chi connectivity index (χ1v) is 7.40. The van der Waals surface area contributed by atoms with Crippen molar-refractivity contribution in [3.05, 3.63) is 66.1 Å². The van der Waals surface area contributed by atoms with E-state index >= 15 is 0 Å². The van der Waals surface area contributed by atoms with Crippen LogP contribution < -0.4 is 11.1 Å². The first-order valence-electron chi connectivity index (χ1n) is 7.40. The van der Waals surface area contributed by atoms with Gasteiger partial charge in [-0.25, -0.2) is 15.0 Å². The van der Waals surface area contributed by atoms with E-state index in [0.29, 0.717) is 5.82 Å². The van der Waals surface area contributed by atoms with Gasteiger partial charge in [0.25, 0.3) is 11.8 Å². The lowest BCUT2D eigenvalue weighted by molar-refractivity contribution is -0.141. The van der Waals surface area contributed by atoms with E-state index in [1.807, 2.05) is 0 Å². The smallest absolute Gasteiger partial charge is 0.364 e. The van der Waals surface area contributed by atoms with Gasteiger partial charge in [-0.1, -0.05) is 6.07 Å². The van der Waals surface area contributed by atoms with E-state index in [1.165, 1.54) is 23.2 Å². The first-order chi connectivity index (χ1) is 12.7. The molecule has 3 N–H and O–H groups in total. The number of imidazole rings is 1. The van der Waals surface area contributed by atoms with Gasteiger partial charge in [-0.05, 0) is 24.3 Å². The van der Waals surface area contributed by atoms with Crippen LogP contribution in [-0.2, 0) is 6.18 Å². The standard InChI is InChI=1S/C16H11F3N6O2/c17-16(18,19)12-5-4-9(6-21-12)23-15(27)10-2-1-3-13(24-10)25-7-11(14(20)26)22-8-25/h1-8H,(H2,20,26)(H,23,27). The molecule has 27 heavy (non-hydrogen) atoms. The number of pyridine rings is 2. The summed E-state index contributed by atoms with van der Waals surface area (Å²) in [5, 5.41) is 2.41. The van der Waals surface area contributed by atoms with Crippen LogP contribution in [0.15, 0.2) is 49.1 Å². The van der Waals surface area contributed by atoms with Gasteiger partial charge in [0.1, 0.15) is 29.2 Å². The number of carbonyl (C=O) groups is 2. The number of nitrogens with zero attached hydrogens (tertiary/aromatic N) is 4. The largest absolute Gasteiger partial charge is 0.433 e. The van der Waals surface area contributed by atoms with Crippen LogP contribution in [0.5, 0.6) is 0 Å². The lowest BCUT2D eigenvalue weighted by atomic mass is 10.3. The summed E-state index contributed by atoms with van der Waals surface area (Å²) in [6, 6.07) is 6.39. The van der Waals surface area contributed by atoms with Gasteiger partial charge >= 0.3 is 6.18 Å². The monoisotopic (exact) mass is 376 g/mol. The molecule has 0 aliphatic heterocycles. The Morgan fingerprint density at radius 3 is 2.44 bits per heavy atom. The predicted molar refractivity (Wildman–Crippen MR) is 87.1 cm³/mol. The van der Waals surface area contributed by atoms with Crippen LogP contribution in [0.25, 0.3) is 5.82 Å². The molecule has 2 amide bonds. The lowest BCUT2D eigenvalue weighted by Gasteiger charge is -2.08. The van der Waals surface area contributed by atoms with E-state index in [2.05, 4.69) is 20.3 Å². The summed E-state index contributed by atoms with van der Waals surface area (Å²) >= 11 is 0. The molecule has 8 nitrogen and oxygen atoms in total. The number of alkyl halides is 3. The summed E-state index contributed by atoms with van der Waals surface area (Å²) in [7, 11) is 0. The Hall–Kier alpha value is -3.76. The number of anilines is 1. The first kappa shape index (κ1) is 18.0. The maximum atomic E-state index is 12.5. The Morgan fingerprint density at radius 1 is 1.07 bits per heavy atom. The summed E-state index contributed by atoms with van der Waals surface area (Å²) in [5.74, 6) is -1.06. The quantitative estimate of drug-likeness (QED) is 0.723. The van der Waals surface area contributed by atoms with Crippen molar-refractivity contribution in [3.8, 4) is 5.82 Å². The minimum absolute atomic E-state index is 0.00160. The zero-order valence-electron chi connectivity index (χ0n) is 13.4. The second kappa shape index (κ2) is 6.86. The van der Waals surface area contributed by atoms with Gasteiger partial charge in [-0.3, -0.25) is 14.2 Å². The molecule has 0 saturated heterocycles. The van der Waals surface area contributed by atoms with E-state index in [4.69, 9.17) is 5.73 Å². The predicted octanol–water partition coefficient (Wildman–Crippen LogP) is 2.03. The Morgan fingerprint density at radius 2 is 1.85 bits per heavy atom. The van der Waals surface area contributed by atoms with Crippen molar-refractivity contribution in [3.63, 3.8) is 0 Å². The Balaban J connectivity index is 1.78. The van der Waals surface area contributed by atoms with E-state index in [-0.39, 0.29) is 17.1 Å². The highest BCUT2D eigenvalue weighted by Gasteiger charge is 2.32. The van der Waals surface area contributed by atoms with E-state index in [0.717, 1.165) is 18.3 Å². The Kier molecular flexibility index (Phi) is 4.59. The van der Waals surface area contributed by atoms with Crippen LogP contribution >= 0.6 is 0 Å². The van der Waals surface area contributed by atoms with Crippen LogP contribution in [0.3, 0.4) is 0 Å². The maximum Gasteiger partial charge on any atom is 0.433 e. The molecule has 3 rings (SSSR count). The van der Waals surface area contributed by atoms with Crippen molar-refractivity contribution in [2.75, 3.05) is 5.32 Å². The molecule has 0 saturated carbocycles. The molecule has 3 aromatic heterocycles. The molecular weight excluding hydrogens is 365 g/mol. The lowest BCUT2D eigenvalue weighted by Crippen LogP contribution is -2.15. The minimum Gasteiger partial charge on any atom is -0.364 e. The highest BCUT2D eigenvalue weighted by molar-refractivity contribution is 6.02. The zero-order valence-corrected chi connectivity index (χ0v) is 13.4. The van der Waals surface area contributed by atoms with Crippen LogP contribution in [0.4, 0.5) is 18.9 Å². The van der Waals surface area contributed by atoms with E-state index in [9.17, 15) is 22.8 Å². The zero-order chi connectivity index (χ0) is 19.6. The van der Waals surface area contributed by atoms with Crippen molar-refractivity contribution in [2.24, 2.45) is 5.73 Å². The topological polar surface area (TPSA) is 116 Å². The SMILES string of the molecule is NC(=O)c1cn(-c2cccc(C(=O)Nc3ccc(C(F)(F)F)nc3)n2)cn1. The number of primary amides is 1. The third-order valence-electron chi connectivity index (χ3n) is 3.38.